The minimum atomic E-state index is 0.377. The summed E-state index contributed by atoms with van der Waals surface area (Å²) in [4.78, 5) is 3.07. The maximum Gasteiger partial charge on any atom is 0.182 e. The van der Waals surface area contributed by atoms with E-state index in [4.69, 9.17) is 23.8 Å². The summed E-state index contributed by atoms with van der Waals surface area (Å²) in [5.74, 6) is 0.377. The van der Waals surface area contributed by atoms with Crippen molar-refractivity contribution in [1.82, 2.24) is 9.55 Å². The highest BCUT2D eigenvalue weighted by molar-refractivity contribution is 9.10. The van der Waals surface area contributed by atoms with E-state index in [1.54, 1.807) is 0 Å². The molecule has 0 aliphatic heterocycles. The number of aromatic nitrogens is 2. The normalized spacial score (nSPS) is 11.1. The smallest absolute Gasteiger partial charge is 0.182 e. The monoisotopic (exact) mass is 330 g/mol. The number of H-pyrrole nitrogens is 1. The van der Waals surface area contributed by atoms with Crippen molar-refractivity contribution in [2.24, 2.45) is 0 Å². The van der Waals surface area contributed by atoms with Crippen LogP contribution in [0.4, 0.5) is 0 Å². The fraction of sp³-hybridized carbons (Fsp3) is 0.250. The fourth-order valence-electron chi connectivity index (χ4n) is 1.72. The van der Waals surface area contributed by atoms with Crippen molar-refractivity contribution in [2.45, 2.75) is 19.8 Å². The van der Waals surface area contributed by atoms with E-state index in [2.05, 4.69) is 34.8 Å². The van der Waals surface area contributed by atoms with Gasteiger partial charge in [0.15, 0.2) is 4.77 Å². The lowest BCUT2D eigenvalue weighted by molar-refractivity contribution is 0.783. The second-order valence-electron chi connectivity index (χ2n) is 4.10. The van der Waals surface area contributed by atoms with Gasteiger partial charge in [-0.1, -0.05) is 41.4 Å². The Morgan fingerprint density at radius 1 is 1.41 bits per heavy atom. The highest BCUT2D eigenvalue weighted by Gasteiger charge is 2.12. The molecule has 1 heterocycles. The molecule has 0 radical (unpaired) electrons. The summed E-state index contributed by atoms with van der Waals surface area (Å²) >= 11 is 15.0. The van der Waals surface area contributed by atoms with E-state index >= 15 is 0 Å². The fourth-order valence-corrected chi connectivity index (χ4v) is 2.74. The molecule has 2 nitrogen and oxygen atoms in total. The van der Waals surface area contributed by atoms with E-state index < -0.39 is 0 Å². The number of aromatic amines is 1. The van der Waals surface area contributed by atoms with Gasteiger partial charge in [-0.05, 0) is 36.3 Å². The van der Waals surface area contributed by atoms with Gasteiger partial charge in [0.2, 0.25) is 0 Å². The molecule has 0 fully saturated rings. The first kappa shape index (κ1) is 12.9. The zero-order valence-electron chi connectivity index (χ0n) is 9.50. The van der Waals surface area contributed by atoms with Crippen LogP contribution < -0.4 is 0 Å². The number of rotatable bonds is 2. The second kappa shape index (κ2) is 4.96. The maximum absolute atomic E-state index is 6.26. The van der Waals surface area contributed by atoms with Crippen LogP contribution in [0.3, 0.4) is 0 Å². The molecule has 2 aromatic rings. The Morgan fingerprint density at radius 2 is 2.12 bits per heavy atom. The molecule has 0 amide bonds. The average molecular weight is 332 g/mol. The molecule has 1 aromatic carbocycles. The Hall–Kier alpha value is -0.580. The van der Waals surface area contributed by atoms with Crippen LogP contribution in [0.25, 0.3) is 5.69 Å². The average Bonchev–Trinajstić information content (AvgIpc) is 2.60. The van der Waals surface area contributed by atoms with Crippen LogP contribution in [0, 0.1) is 4.77 Å². The van der Waals surface area contributed by atoms with Crippen molar-refractivity contribution < 1.29 is 0 Å². The standard InChI is InChI=1S/C12H12BrClN2S/c1-7(2)11-6-15-12(17)16(11)10-4-3-8(13)5-9(10)14/h3-7H,1-2H3,(H,15,17). The number of halogens is 2. The first-order valence-corrected chi connectivity index (χ1v) is 6.84. The largest absolute Gasteiger partial charge is 0.337 e. The van der Waals surface area contributed by atoms with Crippen molar-refractivity contribution >= 4 is 39.7 Å². The minimum absolute atomic E-state index is 0.377. The molecule has 90 valence electrons. The van der Waals surface area contributed by atoms with E-state index in [1.807, 2.05) is 29.0 Å². The predicted molar refractivity (Wildman–Crippen MR) is 77.8 cm³/mol. The second-order valence-corrected chi connectivity index (χ2v) is 5.81. The lowest BCUT2D eigenvalue weighted by atomic mass is 10.1. The summed E-state index contributed by atoms with van der Waals surface area (Å²) < 4.78 is 3.60. The van der Waals surface area contributed by atoms with E-state index in [0.29, 0.717) is 15.7 Å². The highest BCUT2D eigenvalue weighted by Crippen LogP contribution is 2.28. The van der Waals surface area contributed by atoms with Crippen molar-refractivity contribution in [3.63, 3.8) is 0 Å². The molecule has 0 saturated carbocycles. The molecular weight excluding hydrogens is 320 g/mol. The van der Waals surface area contributed by atoms with Crippen molar-refractivity contribution in [3.8, 4) is 5.69 Å². The van der Waals surface area contributed by atoms with Gasteiger partial charge >= 0.3 is 0 Å². The molecule has 1 aromatic heterocycles. The number of nitrogens with one attached hydrogen (secondary N) is 1. The summed E-state index contributed by atoms with van der Waals surface area (Å²) in [6.07, 6.45) is 1.94. The maximum atomic E-state index is 6.26. The topological polar surface area (TPSA) is 20.7 Å². The number of hydrogen-bond donors (Lipinski definition) is 1. The first-order chi connectivity index (χ1) is 8.00. The summed E-state index contributed by atoms with van der Waals surface area (Å²) in [6, 6.07) is 5.79. The number of nitrogens with zero attached hydrogens (tertiary/aromatic N) is 1. The molecule has 0 saturated heterocycles. The summed E-state index contributed by atoms with van der Waals surface area (Å²) in [5.41, 5.74) is 2.03. The van der Waals surface area contributed by atoms with Gasteiger partial charge in [0.05, 0.1) is 10.7 Å². The minimum Gasteiger partial charge on any atom is -0.337 e. The van der Waals surface area contributed by atoms with Crippen LogP contribution in [0.2, 0.25) is 5.02 Å². The lowest BCUT2D eigenvalue weighted by Gasteiger charge is -2.12. The molecular formula is C12H12BrClN2S. The Kier molecular flexibility index (Phi) is 3.76. The summed E-state index contributed by atoms with van der Waals surface area (Å²) in [5, 5.41) is 0.678. The quantitative estimate of drug-likeness (QED) is 0.762. The van der Waals surface area contributed by atoms with Gasteiger partial charge in [0.25, 0.3) is 0 Å². The summed E-state index contributed by atoms with van der Waals surface area (Å²) in [7, 11) is 0. The number of hydrogen-bond acceptors (Lipinski definition) is 1. The summed E-state index contributed by atoms with van der Waals surface area (Å²) in [6.45, 7) is 4.25. The van der Waals surface area contributed by atoms with E-state index in [1.165, 1.54) is 0 Å². The van der Waals surface area contributed by atoms with E-state index in [9.17, 15) is 0 Å². The third-order valence-electron chi connectivity index (χ3n) is 2.55. The van der Waals surface area contributed by atoms with Gasteiger partial charge in [0, 0.05) is 16.4 Å². The molecule has 0 bridgehead atoms. The molecule has 17 heavy (non-hydrogen) atoms. The lowest BCUT2D eigenvalue weighted by Crippen LogP contribution is -2.02. The Morgan fingerprint density at radius 3 is 2.71 bits per heavy atom. The first-order valence-electron chi connectivity index (χ1n) is 5.26. The molecule has 0 unspecified atom stereocenters. The van der Waals surface area contributed by atoms with Crippen molar-refractivity contribution in [3.05, 3.63) is 44.4 Å². The van der Waals surface area contributed by atoms with Gasteiger partial charge in [-0.25, -0.2) is 0 Å². The molecule has 0 aliphatic carbocycles. The third-order valence-corrected chi connectivity index (χ3v) is 3.64. The molecule has 2 rings (SSSR count). The molecule has 0 atom stereocenters. The van der Waals surface area contributed by atoms with Gasteiger partial charge in [-0.15, -0.1) is 0 Å². The van der Waals surface area contributed by atoms with Crippen molar-refractivity contribution in [2.75, 3.05) is 0 Å². The Labute approximate surface area is 119 Å². The van der Waals surface area contributed by atoms with Gasteiger partial charge in [-0.3, -0.25) is 4.57 Å². The van der Waals surface area contributed by atoms with Crippen molar-refractivity contribution in [1.29, 1.82) is 0 Å². The van der Waals surface area contributed by atoms with Gasteiger partial charge in [0.1, 0.15) is 0 Å². The van der Waals surface area contributed by atoms with Crippen LogP contribution in [0.5, 0.6) is 0 Å². The Balaban J connectivity index is 2.68. The van der Waals surface area contributed by atoms with E-state index in [-0.39, 0.29) is 0 Å². The van der Waals surface area contributed by atoms with Crippen LogP contribution in [-0.4, -0.2) is 9.55 Å². The van der Waals surface area contributed by atoms with Crippen LogP contribution in [-0.2, 0) is 0 Å². The SMILES string of the molecule is CC(C)c1c[nH]c(=S)n1-c1ccc(Br)cc1Cl. The molecule has 5 heteroatoms. The zero-order valence-corrected chi connectivity index (χ0v) is 12.7. The van der Waals surface area contributed by atoms with Gasteiger partial charge in [-0.2, -0.15) is 0 Å². The molecule has 0 aliphatic rings. The molecule has 1 N–H and O–H groups in total. The van der Waals surface area contributed by atoms with E-state index in [0.717, 1.165) is 15.9 Å². The van der Waals surface area contributed by atoms with Crippen LogP contribution in [0.1, 0.15) is 25.5 Å². The molecule has 0 spiro atoms. The zero-order chi connectivity index (χ0) is 12.6. The third kappa shape index (κ3) is 2.49. The van der Waals surface area contributed by atoms with Crippen LogP contribution >= 0.6 is 39.7 Å². The number of benzene rings is 1. The predicted octanol–water partition coefficient (Wildman–Crippen LogP) is 5.07. The highest BCUT2D eigenvalue weighted by atomic mass is 79.9. The van der Waals surface area contributed by atoms with Crippen LogP contribution in [0.15, 0.2) is 28.9 Å². The number of imidazole rings is 1. The van der Waals surface area contributed by atoms with Gasteiger partial charge < -0.3 is 4.98 Å². The Bertz CT molecular complexity index is 601.